The predicted octanol–water partition coefficient (Wildman–Crippen LogP) is 3.38. The first-order valence-corrected chi connectivity index (χ1v) is 9.19. The predicted molar refractivity (Wildman–Crippen MR) is 94.1 cm³/mol. The molecule has 0 radical (unpaired) electrons. The summed E-state index contributed by atoms with van der Waals surface area (Å²) in [6, 6.07) is 15.4. The molecule has 0 amide bonds. The van der Waals surface area contributed by atoms with Crippen LogP contribution in [-0.2, 0) is 21.4 Å². The monoisotopic (exact) mass is 334 g/mol. The van der Waals surface area contributed by atoms with E-state index in [1.807, 2.05) is 36.4 Å². The SMILES string of the molecule is COCc1ccccc1N[C@@H](C)c1ccc(NS(C)(=O)=O)cc1. The van der Waals surface area contributed by atoms with Gasteiger partial charge in [-0.2, -0.15) is 0 Å². The third-order valence-electron chi connectivity index (χ3n) is 3.40. The minimum absolute atomic E-state index is 0.0836. The number of rotatable bonds is 7. The van der Waals surface area contributed by atoms with Crippen LogP contribution in [-0.4, -0.2) is 21.8 Å². The van der Waals surface area contributed by atoms with Gasteiger partial charge < -0.3 is 10.1 Å². The number of anilines is 2. The van der Waals surface area contributed by atoms with Crippen molar-refractivity contribution in [2.75, 3.05) is 23.4 Å². The van der Waals surface area contributed by atoms with Crippen LogP contribution in [0.25, 0.3) is 0 Å². The van der Waals surface area contributed by atoms with Crippen molar-refractivity contribution >= 4 is 21.4 Å². The lowest BCUT2D eigenvalue weighted by atomic mass is 10.1. The highest BCUT2D eigenvalue weighted by molar-refractivity contribution is 7.92. The second-order valence-electron chi connectivity index (χ2n) is 5.45. The highest BCUT2D eigenvalue weighted by Gasteiger charge is 2.09. The average Bonchev–Trinajstić information content (AvgIpc) is 2.48. The summed E-state index contributed by atoms with van der Waals surface area (Å²) in [6.07, 6.45) is 1.14. The van der Waals surface area contributed by atoms with E-state index in [1.54, 1.807) is 19.2 Å². The van der Waals surface area contributed by atoms with Gasteiger partial charge in [0.25, 0.3) is 0 Å². The highest BCUT2D eigenvalue weighted by Crippen LogP contribution is 2.24. The van der Waals surface area contributed by atoms with Gasteiger partial charge in [-0.05, 0) is 30.7 Å². The summed E-state index contributed by atoms with van der Waals surface area (Å²) < 4.78 is 30.1. The zero-order chi connectivity index (χ0) is 16.9. The molecule has 0 heterocycles. The lowest BCUT2D eigenvalue weighted by Crippen LogP contribution is -2.11. The Morgan fingerprint density at radius 3 is 2.35 bits per heavy atom. The van der Waals surface area contributed by atoms with Crippen molar-refractivity contribution in [3.8, 4) is 0 Å². The van der Waals surface area contributed by atoms with E-state index in [0.717, 1.165) is 23.1 Å². The quantitative estimate of drug-likeness (QED) is 0.814. The molecule has 124 valence electrons. The third kappa shape index (κ3) is 5.26. The summed E-state index contributed by atoms with van der Waals surface area (Å²) in [5.41, 5.74) is 3.75. The van der Waals surface area contributed by atoms with Crippen LogP contribution in [0.4, 0.5) is 11.4 Å². The van der Waals surface area contributed by atoms with Crippen molar-refractivity contribution in [2.45, 2.75) is 19.6 Å². The van der Waals surface area contributed by atoms with E-state index >= 15 is 0 Å². The molecular weight excluding hydrogens is 312 g/mol. The first kappa shape index (κ1) is 17.3. The van der Waals surface area contributed by atoms with Gasteiger partial charge in [0, 0.05) is 30.1 Å². The largest absolute Gasteiger partial charge is 0.380 e. The maximum atomic E-state index is 11.2. The molecule has 0 spiro atoms. The van der Waals surface area contributed by atoms with Crippen molar-refractivity contribution in [3.05, 3.63) is 59.7 Å². The Morgan fingerprint density at radius 1 is 1.09 bits per heavy atom. The summed E-state index contributed by atoms with van der Waals surface area (Å²) in [5, 5.41) is 3.46. The Bertz CT molecular complexity index is 743. The Hall–Kier alpha value is -2.05. The van der Waals surface area contributed by atoms with Crippen LogP contribution in [0.15, 0.2) is 48.5 Å². The Balaban J connectivity index is 2.10. The summed E-state index contributed by atoms with van der Waals surface area (Å²) >= 11 is 0. The molecule has 2 N–H and O–H groups in total. The first-order chi connectivity index (χ1) is 10.9. The molecule has 0 saturated heterocycles. The second-order valence-corrected chi connectivity index (χ2v) is 7.20. The summed E-state index contributed by atoms with van der Waals surface area (Å²) in [7, 11) is -1.58. The van der Waals surface area contributed by atoms with E-state index in [2.05, 4.69) is 17.0 Å². The summed E-state index contributed by atoms with van der Waals surface area (Å²) in [4.78, 5) is 0. The van der Waals surface area contributed by atoms with Crippen molar-refractivity contribution in [2.24, 2.45) is 0 Å². The Morgan fingerprint density at radius 2 is 1.74 bits per heavy atom. The third-order valence-corrected chi connectivity index (χ3v) is 4.01. The molecule has 0 aromatic heterocycles. The van der Waals surface area contributed by atoms with Crippen LogP contribution in [0.1, 0.15) is 24.1 Å². The van der Waals surface area contributed by atoms with Crippen molar-refractivity contribution in [3.63, 3.8) is 0 Å². The molecule has 0 aliphatic heterocycles. The maximum Gasteiger partial charge on any atom is 0.229 e. The molecule has 0 fully saturated rings. The molecule has 23 heavy (non-hydrogen) atoms. The van der Waals surface area contributed by atoms with E-state index in [1.165, 1.54) is 0 Å². The van der Waals surface area contributed by atoms with E-state index in [9.17, 15) is 8.42 Å². The minimum atomic E-state index is -3.25. The number of sulfonamides is 1. The van der Waals surface area contributed by atoms with Gasteiger partial charge in [0.2, 0.25) is 10.0 Å². The maximum absolute atomic E-state index is 11.2. The smallest absolute Gasteiger partial charge is 0.229 e. The molecule has 2 aromatic rings. The van der Waals surface area contributed by atoms with Gasteiger partial charge in [0.15, 0.2) is 0 Å². The van der Waals surface area contributed by atoms with E-state index < -0.39 is 10.0 Å². The second kappa shape index (κ2) is 7.48. The Kier molecular flexibility index (Phi) is 5.63. The molecule has 2 rings (SSSR count). The highest BCUT2D eigenvalue weighted by atomic mass is 32.2. The molecule has 1 atom stereocenters. The Labute approximate surface area is 137 Å². The molecule has 0 aliphatic rings. The van der Waals surface area contributed by atoms with Crippen LogP contribution in [0.2, 0.25) is 0 Å². The fourth-order valence-corrected chi connectivity index (χ4v) is 2.88. The van der Waals surface area contributed by atoms with Crippen LogP contribution < -0.4 is 10.0 Å². The standard InChI is InChI=1S/C17H22N2O3S/c1-13(18-17-7-5-4-6-15(17)12-22-2)14-8-10-16(11-9-14)19-23(3,20)21/h4-11,13,18-19H,12H2,1-3H3/t13-/m0/s1. The number of benzene rings is 2. The zero-order valence-electron chi connectivity index (χ0n) is 13.5. The van der Waals surface area contributed by atoms with E-state index in [-0.39, 0.29) is 6.04 Å². The topological polar surface area (TPSA) is 67.4 Å². The fraction of sp³-hybridized carbons (Fsp3) is 0.294. The van der Waals surface area contributed by atoms with Gasteiger partial charge in [-0.25, -0.2) is 8.42 Å². The van der Waals surface area contributed by atoms with E-state index in [4.69, 9.17) is 4.74 Å². The number of nitrogens with one attached hydrogen (secondary N) is 2. The van der Waals surface area contributed by atoms with Gasteiger partial charge in [0.1, 0.15) is 0 Å². The minimum Gasteiger partial charge on any atom is -0.380 e. The molecule has 6 heteroatoms. The number of methoxy groups -OCH3 is 1. The van der Waals surface area contributed by atoms with Crippen molar-refractivity contribution < 1.29 is 13.2 Å². The van der Waals surface area contributed by atoms with Crippen LogP contribution >= 0.6 is 0 Å². The number of hydrogen-bond donors (Lipinski definition) is 2. The van der Waals surface area contributed by atoms with Crippen molar-refractivity contribution in [1.29, 1.82) is 0 Å². The number of para-hydroxylation sites is 1. The van der Waals surface area contributed by atoms with Crippen molar-refractivity contribution in [1.82, 2.24) is 0 Å². The van der Waals surface area contributed by atoms with Gasteiger partial charge in [-0.3, -0.25) is 4.72 Å². The lowest BCUT2D eigenvalue weighted by Gasteiger charge is -2.18. The first-order valence-electron chi connectivity index (χ1n) is 7.30. The number of ether oxygens (including phenoxy) is 1. The van der Waals surface area contributed by atoms with Gasteiger partial charge in [-0.1, -0.05) is 30.3 Å². The molecule has 5 nitrogen and oxygen atoms in total. The van der Waals surface area contributed by atoms with Gasteiger partial charge in [0.05, 0.1) is 12.9 Å². The molecule has 0 aliphatic carbocycles. The van der Waals surface area contributed by atoms with E-state index in [0.29, 0.717) is 12.3 Å². The molecule has 0 saturated carbocycles. The lowest BCUT2D eigenvalue weighted by molar-refractivity contribution is 0.185. The summed E-state index contributed by atoms with van der Waals surface area (Å²) in [6.45, 7) is 2.61. The van der Waals surface area contributed by atoms with Crippen LogP contribution in [0.3, 0.4) is 0 Å². The zero-order valence-corrected chi connectivity index (χ0v) is 14.4. The molecule has 0 bridgehead atoms. The molecular formula is C17H22N2O3S. The normalized spacial score (nSPS) is 12.7. The summed E-state index contributed by atoms with van der Waals surface area (Å²) in [5.74, 6) is 0. The van der Waals surface area contributed by atoms with Crippen LogP contribution in [0.5, 0.6) is 0 Å². The average molecular weight is 334 g/mol. The van der Waals surface area contributed by atoms with Gasteiger partial charge >= 0.3 is 0 Å². The molecule has 0 unspecified atom stereocenters. The van der Waals surface area contributed by atoms with Crippen LogP contribution in [0, 0.1) is 0 Å². The molecule has 2 aromatic carbocycles. The number of hydrogen-bond acceptors (Lipinski definition) is 4. The fourth-order valence-electron chi connectivity index (χ4n) is 2.31. The van der Waals surface area contributed by atoms with Gasteiger partial charge in [-0.15, -0.1) is 0 Å².